The second-order valence-electron chi connectivity index (χ2n) is 5.65. The lowest BCUT2D eigenvalue weighted by Crippen LogP contribution is -2.36. The monoisotopic (exact) mass is 366 g/mol. The Kier molecular flexibility index (Phi) is 5.44. The lowest BCUT2D eigenvalue weighted by atomic mass is 10.1. The highest BCUT2D eigenvalue weighted by molar-refractivity contribution is 7.99. The number of benzene rings is 1. The molecule has 8 nitrogen and oxygen atoms in total. The fourth-order valence-corrected chi connectivity index (χ4v) is 3.54. The van der Waals surface area contributed by atoms with E-state index in [9.17, 15) is 9.59 Å². The van der Waals surface area contributed by atoms with Crippen molar-refractivity contribution in [2.45, 2.75) is 11.6 Å². The van der Waals surface area contributed by atoms with Crippen molar-refractivity contribution >= 4 is 40.5 Å². The minimum atomic E-state index is -1.14. The molecule has 25 heavy (non-hydrogen) atoms. The quantitative estimate of drug-likeness (QED) is 0.710. The van der Waals surface area contributed by atoms with Gasteiger partial charge >= 0.3 is 11.9 Å². The van der Waals surface area contributed by atoms with E-state index < -0.39 is 24.3 Å². The summed E-state index contributed by atoms with van der Waals surface area (Å²) in [7, 11) is 0. The molecule has 0 spiro atoms. The predicted octanol–water partition coefficient (Wildman–Crippen LogP) is 1.93. The minimum Gasteiger partial charge on any atom is -0.481 e. The van der Waals surface area contributed by atoms with Gasteiger partial charge in [0.1, 0.15) is 5.52 Å². The number of aliphatic carboxylic acids is 2. The number of ether oxygens (including phenoxy) is 1. The number of rotatable bonds is 7. The van der Waals surface area contributed by atoms with Gasteiger partial charge in [0.2, 0.25) is 0 Å². The first kappa shape index (κ1) is 17.6. The van der Waals surface area contributed by atoms with Crippen LogP contribution in [0.4, 0.5) is 5.69 Å². The van der Waals surface area contributed by atoms with Crippen molar-refractivity contribution in [1.29, 1.82) is 0 Å². The van der Waals surface area contributed by atoms with E-state index >= 15 is 0 Å². The zero-order valence-electron chi connectivity index (χ0n) is 13.4. The molecule has 0 radical (unpaired) electrons. The number of fused-ring (bicyclic) bond motifs is 1. The van der Waals surface area contributed by atoms with Crippen molar-refractivity contribution in [3.8, 4) is 0 Å². The van der Waals surface area contributed by atoms with Crippen LogP contribution in [-0.4, -0.2) is 59.2 Å². The van der Waals surface area contributed by atoms with Crippen LogP contribution in [0, 0.1) is 5.92 Å². The first-order chi connectivity index (χ1) is 12.0. The molecule has 0 saturated carbocycles. The fourth-order valence-electron chi connectivity index (χ4n) is 2.64. The van der Waals surface area contributed by atoms with Crippen molar-refractivity contribution in [2.75, 3.05) is 37.0 Å². The van der Waals surface area contributed by atoms with E-state index in [1.807, 2.05) is 18.2 Å². The Hall–Kier alpha value is -2.26. The molecular weight excluding hydrogens is 348 g/mol. The summed E-state index contributed by atoms with van der Waals surface area (Å²) < 4.78 is 11.1. The molecule has 3 rings (SSSR count). The average molecular weight is 366 g/mol. The molecule has 0 amide bonds. The Labute approximate surface area is 147 Å². The lowest BCUT2D eigenvalue weighted by Gasteiger charge is -2.28. The number of anilines is 1. The number of oxazole rings is 1. The van der Waals surface area contributed by atoms with Gasteiger partial charge in [0.05, 0.1) is 31.2 Å². The maximum atomic E-state index is 11.1. The largest absolute Gasteiger partial charge is 0.481 e. The molecule has 1 aliphatic rings. The van der Waals surface area contributed by atoms with Crippen molar-refractivity contribution in [3.63, 3.8) is 0 Å². The number of hydrogen-bond donors (Lipinski definition) is 2. The van der Waals surface area contributed by atoms with Gasteiger partial charge in [-0.25, -0.2) is 4.98 Å². The third kappa shape index (κ3) is 4.23. The maximum absolute atomic E-state index is 11.1. The molecule has 1 atom stereocenters. The van der Waals surface area contributed by atoms with Gasteiger partial charge in [-0.3, -0.25) is 9.59 Å². The maximum Gasteiger partial charge on any atom is 0.307 e. The Morgan fingerprint density at radius 3 is 2.72 bits per heavy atom. The molecular formula is C16H18N2O6S. The summed E-state index contributed by atoms with van der Waals surface area (Å²) in [6.07, 6.45) is -0.429. The van der Waals surface area contributed by atoms with Gasteiger partial charge < -0.3 is 24.3 Å². The highest BCUT2D eigenvalue weighted by Crippen LogP contribution is 2.31. The van der Waals surface area contributed by atoms with Gasteiger partial charge in [-0.2, -0.15) is 0 Å². The molecule has 134 valence electrons. The van der Waals surface area contributed by atoms with Crippen LogP contribution in [0.2, 0.25) is 0 Å². The Bertz CT molecular complexity index is 771. The van der Waals surface area contributed by atoms with Gasteiger partial charge in [0.15, 0.2) is 5.58 Å². The van der Waals surface area contributed by atoms with Crippen molar-refractivity contribution in [2.24, 2.45) is 5.92 Å². The SMILES string of the molecule is O=C(O)CC(CSc1nc2c(N3CCOCC3)cccc2o1)C(=O)O. The number of carbonyl (C=O) groups is 2. The topological polar surface area (TPSA) is 113 Å². The van der Waals surface area contributed by atoms with E-state index in [1.54, 1.807) is 0 Å². The average Bonchev–Trinajstić information content (AvgIpc) is 3.01. The summed E-state index contributed by atoms with van der Waals surface area (Å²) >= 11 is 1.11. The molecule has 2 N–H and O–H groups in total. The van der Waals surface area contributed by atoms with Crippen molar-refractivity contribution in [3.05, 3.63) is 18.2 Å². The molecule has 9 heteroatoms. The van der Waals surface area contributed by atoms with Gasteiger partial charge in [0.25, 0.3) is 5.22 Å². The Balaban J connectivity index is 1.76. The summed E-state index contributed by atoms with van der Waals surface area (Å²) in [5.74, 6) is -3.18. The first-order valence-electron chi connectivity index (χ1n) is 7.84. The Morgan fingerprint density at radius 1 is 1.28 bits per heavy atom. The van der Waals surface area contributed by atoms with Crippen LogP contribution >= 0.6 is 11.8 Å². The molecule has 1 fully saturated rings. The standard InChI is InChI=1S/C16H18N2O6S/c19-13(20)8-10(15(21)22)9-25-16-17-14-11(2-1-3-12(14)24-16)18-4-6-23-7-5-18/h1-3,10H,4-9H2,(H,19,20)(H,21,22). The molecule has 2 heterocycles. The highest BCUT2D eigenvalue weighted by Gasteiger charge is 2.23. The molecule has 2 aromatic rings. The van der Waals surface area contributed by atoms with Crippen LogP contribution in [0.3, 0.4) is 0 Å². The van der Waals surface area contributed by atoms with E-state index in [0.29, 0.717) is 24.0 Å². The smallest absolute Gasteiger partial charge is 0.307 e. The molecule has 1 aliphatic heterocycles. The molecule has 0 aliphatic carbocycles. The molecule has 1 aromatic heterocycles. The summed E-state index contributed by atoms with van der Waals surface area (Å²) in [6, 6.07) is 5.66. The van der Waals surface area contributed by atoms with Crippen LogP contribution in [-0.2, 0) is 14.3 Å². The van der Waals surface area contributed by atoms with Crippen LogP contribution in [0.5, 0.6) is 0 Å². The van der Waals surface area contributed by atoms with Crippen molar-refractivity contribution in [1.82, 2.24) is 4.98 Å². The third-order valence-corrected chi connectivity index (χ3v) is 4.90. The number of thioether (sulfide) groups is 1. The second-order valence-corrected chi connectivity index (χ2v) is 6.62. The van der Waals surface area contributed by atoms with E-state index in [2.05, 4.69) is 9.88 Å². The van der Waals surface area contributed by atoms with Gasteiger partial charge in [-0.15, -0.1) is 0 Å². The molecule has 1 saturated heterocycles. The van der Waals surface area contributed by atoms with Gasteiger partial charge in [0, 0.05) is 18.8 Å². The predicted molar refractivity (Wildman–Crippen MR) is 91.1 cm³/mol. The lowest BCUT2D eigenvalue weighted by molar-refractivity contribution is -0.147. The third-order valence-electron chi connectivity index (χ3n) is 3.91. The second kappa shape index (κ2) is 7.75. The van der Waals surface area contributed by atoms with Crippen LogP contribution < -0.4 is 4.90 Å². The number of nitrogens with zero attached hydrogens (tertiary/aromatic N) is 2. The van der Waals surface area contributed by atoms with Crippen LogP contribution in [0.1, 0.15) is 6.42 Å². The number of morpholine rings is 1. The zero-order chi connectivity index (χ0) is 17.8. The Morgan fingerprint density at radius 2 is 2.04 bits per heavy atom. The number of aromatic nitrogens is 1. The summed E-state index contributed by atoms with van der Waals surface area (Å²) in [6.45, 7) is 2.86. The van der Waals surface area contributed by atoms with Crippen molar-refractivity contribution < 1.29 is 29.0 Å². The van der Waals surface area contributed by atoms with E-state index in [0.717, 1.165) is 36.1 Å². The van der Waals surface area contributed by atoms with Crippen LogP contribution in [0.15, 0.2) is 27.8 Å². The summed E-state index contributed by atoms with van der Waals surface area (Å²) in [5, 5.41) is 18.2. The van der Waals surface area contributed by atoms with Gasteiger partial charge in [-0.05, 0) is 12.1 Å². The van der Waals surface area contributed by atoms with E-state index in [4.69, 9.17) is 19.4 Å². The summed E-state index contributed by atoms with van der Waals surface area (Å²) in [5.41, 5.74) is 2.30. The van der Waals surface area contributed by atoms with E-state index in [1.165, 1.54) is 0 Å². The summed E-state index contributed by atoms with van der Waals surface area (Å²) in [4.78, 5) is 28.5. The van der Waals surface area contributed by atoms with E-state index in [-0.39, 0.29) is 5.75 Å². The highest BCUT2D eigenvalue weighted by atomic mass is 32.2. The number of carboxylic acid groups (broad SMARTS) is 2. The fraction of sp³-hybridized carbons (Fsp3) is 0.438. The number of hydrogen-bond acceptors (Lipinski definition) is 7. The molecule has 1 aromatic carbocycles. The zero-order valence-corrected chi connectivity index (χ0v) is 14.2. The molecule has 1 unspecified atom stereocenters. The number of carboxylic acids is 2. The normalized spacial score (nSPS) is 16.1. The minimum absolute atomic E-state index is 0.0847. The number of para-hydroxylation sites is 1. The van der Waals surface area contributed by atoms with Gasteiger partial charge in [-0.1, -0.05) is 17.8 Å². The molecule has 0 bridgehead atoms. The first-order valence-corrected chi connectivity index (χ1v) is 8.83. The van der Waals surface area contributed by atoms with Crippen LogP contribution in [0.25, 0.3) is 11.1 Å².